The van der Waals surface area contributed by atoms with Crippen molar-refractivity contribution in [3.05, 3.63) is 101 Å². The van der Waals surface area contributed by atoms with Gasteiger partial charge in [0.05, 0.1) is 39.5 Å². The maximum absolute atomic E-state index is 13.4. The maximum atomic E-state index is 13.4. The Hall–Kier alpha value is -4.46. The third-order valence-corrected chi connectivity index (χ3v) is 6.24. The van der Waals surface area contributed by atoms with Crippen molar-refractivity contribution in [2.75, 3.05) is 0 Å². The Balaban J connectivity index is 1.64. The highest BCUT2D eigenvalue weighted by Gasteiger charge is 2.31. The normalized spacial score (nSPS) is 12.1. The number of hydrogen-bond acceptors (Lipinski definition) is 3. The maximum Gasteiger partial charge on any atom is 0.416 e. The molecule has 0 saturated heterocycles. The molecule has 0 amide bonds. The van der Waals surface area contributed by atoms with Crippen molar-refractivity contribution >= 4 is 32.8 Å². The molecule has 0 spiro atoms. The molecule has 3 aromatic heterocycles. The molecule has 0 unspecified atom stereocenters. The first-order valence-corrected chi connectivity index (χ1v) is 10.8. The first kappa shape index (κ1) is 21.1. The van der Waals surface area contributed by atoms with Gasteiger partial charge in [0.1, 0.15) is 0 Å². The number of halogens is 3. The smallest absolute Gasteiger partial charge is 0.293 e. The summed E-state index contributed by atoms with van der Waals surface area (Å²) < 4.78 is 42.9. The van der Waals surface area contributed by atoms with Crippen molar-refractivity contribution in [2.45, 2.75) is 6.18 Å². The molecule has 0 aliphatic rings. The van der Waals surface area contributed by atoms with Gasteiger partial charge in [-0.25, -0.2) is 4.79 Å². The largest absolute Gasteiger partial charge is 0.416 e. The number of fused-ring (bicyclic) bond motifs is 4. The molecule has 0 aliphatic carbocycles. The van der Waals surface area contributed by atoms with E-state index in [2.05, 4.69) is 9.97 Å². The van der Waals surface area contributed by atoms with Gasteiger partial charge in [0.15, 0.2) is 0 Å². The van der Waals surface area contributed by atoms with Gasteiger partial charge in [0.2, 0.25) is 0 Å². The molecule has 0 aliphatic heterocycles. The van der Waals surface area contributed by atoms with E-state index >= 15 is 0 Å². The number of para-hydroxylation sites is 1. The minimum absolute atomic E-state index is 0.140. The van der Waals surface area contributed by atoms with Crippen LogP contribution in [0.4, 0.5) is 13.2 Å². The van der Waals surface area contributed by atoms with E-state index in [1.807, 2.05) is 48.5 Å². The number of pyridine rings is 2. The summed E-state index contributed by atoms with van der Waals surface area (Å²) in [5.74, 6) is 0. The van der Waals surface area contributed by atoms with E-state index in [1.165, 1.54) is 21.3 Å². The monoisotopic (exact) mass is 470 g/mol. The van der Waals surface area contributed by atoms with E-state index in [0.717, 1.165) is 34.2 Å². The van der Waals surface area contributed by atoms with Crippen molar-refractivity contribution in [1.29, 1.82) is 0 Å². The quantitative estimate of drug-likeness (QED) is 0.307. The van der Waals surface area contributed by atoms with Crippen LogP contribution in [0.25, 0.3) is 49.7 Å². The zero-order valence-corrected chi connectivity index (χ0v) is 18.4. The lowest BCUT2D eigenvalue weighted by molar-refractivity contribution is -0.137. The lowest BCUT2D eigenvalue weighted by atomic mass is 10.0. The number of aryl methyl sites for hydroxylation is 1. The van der Waals surface area contributed by atoms with Crippen LogP contribution in [0, 0.1) is 0 Å². The van der Waals surface area contributed by atoms with Crippen molar-refractivity contribution < 1.29 is 13.2 Å². The lowest BCUT2D eigenvalue weighted by Gasteiger charge is -2.11. The molecule has 3 heterocycles. The van der Waals surface area contributed by atoms with Crippen LogP contribution in [-0.4, -0.2) is 19.1 Å². The molecule has 172 valence electrons. The summed E-state index contributed by atoms with van der Waals surface area (Å²) in [6.45, 7) is 0. The second-order valence-electron chi connectivity index (χ2n) is 8.37. The van der Waals surface area contributed by atoms with E-state index < -0.39 is 17.4 Å². The van der Waals surface area contributed by atoms with Crippen LogP contribution < -0.4 is 5.69 Å². The number of imidazole rings is 1. The topological polar surface area (TPSA) is 52.7 Å². The Kier molecular flexibility index (Phi) is 4.54. The Morgan fingerprint density at radius 3 is 2.43 bits per heavy atom. The molecular weight excluding hydrogens is 453 g/mol. The van der Waals surface area contributed by atoms with E-state index in [9.17, 15) is 18.0 Å². The van der Waals surface area contributed by atoms with E-state index in [0.29, 0.717) is 21.9 Å². The van der Waals surface area contributed by atoms with E-state index in [4.69, 9.17) is 0 Å². The molecule has 0 atom stereocenters. The van der Waals surface area contributed by atoms with Gasteiger partial charge in [0, 0.05) is 29.6 Å². The number of aromatic nitrogens is 4. The van der Waals surface area contributed by atoms with E-state index in [-0.39, 0.29) is 5.69 Å². The summed E-state index contributed by atoms with van der Waals surface area (Å²) in [5.41, 5.74) is 3.13. The molecule has 35 heavy (non-hydrogen) atoms. The third kappa shape index (κ3) is 3.37. The highest BCUT2D eigenvalue weighted by molar-refractivity contribution is 6.04. The first-order valence-electron chi connectivity index (χ1n) is 10.8. The molecule has 6 aromatic rings. The average molecular weight is 470 g/mol. The lowest BCUT2D eigenvalue weighted by Crippen LogP contribution is -2.21. The fourth-order valence-corrected chi connectivity index (χ4v) is 4.47. The number of hydrogen-bond donors (Lipinski definition) is 0. The molecule has 3 aromatic carbocycles. The Bertz CT molecular complexity index is 1830. The molecule has 6 rings (SSSR count). The van der Waals surface area contributed by atoms with Gasteiger partial charge in [-0.1, -0.05) is 30.3 Å². The van der Waals surface area contributed by atoms with Crippen LogP contribution in [0.1, 0.15) is 5.56 Å². The minimum Gasteiger partial charge on any atom is -0.293 e. The van der Waals surface area contributed by atoms with Gasteiger partial charge in [0.25, 0.3) is 0 Å². The van der Waals surface area contributed by atoms with Crippen LogP contribution in [0.15, 0.2) is 90.0 Å². The van der Waals surface area contributed by atoms with E-state index in [1.54, 1.807) is 19.4 Å². The molecule has 5 nitrogen and oxygen atoms in total. The van der Waals surface area contributed by atoms with Crippen LogP contribution >= 0.6 is 0 Å². The van der Waals surface area contributed by atoms with Crippen LogP contribution in [0.5, 0.6) is 0 Å². The Morgan fingerprint density at radius 2 is 1.60 bits per heavy atom. The van der Waals surface area contributed by atoms with Gasteiger partial charge in [-0.05, 0) is 48.0 Å². The fraction of sp³-hybridized carbons (Fsp3) is 0.0741. The van der Waals surface area contributed by atoms with Crippen molar-refractivity contribution in [1.82, 2.24) is 19.1 Å². The van der Waals surface area contributed by atoms with Crippen molar-refractivity contribution in [3.8, 4) is 16.8 Å². The van der Waals surface area contributed by atoms with Crippen LogP contribution in [0.2, 0.25) is 0 Å². The van der Waals surface area contributed by atoms with Gasteiger partial charge < -0.3 is 0 Å². The average Bonchev–Trinajstić information content (AvgIpc) is 3.13. The molecular formula is C27H17F3N4O. The fourth-order valence-electron chi connectivity index (χ4n) is 4.47. The molecule has 0 fully saturated rings. The molecule has 8 heteroatoms. The Morgan fingerprint density at radius 1 is 0.800 bits per heavy atom. The molecule has 0 N–H and O–H groups in total. The summed E-state index contributed by atoms with van der Waals surface area (Å²) in [7, 11) is 1.58. The minimum atomic E-state index is -4.52. The van der Waals surface area contributed by atoms with Crippen LogP contribution in [-0.2, 0) is 13.2 Å². The summed E-state index contributed by atoms with van der Waals surface area (Å²) >= 11 is 0. The van der Waals surface area contributed by atoms with Gasteiger partial charge in [-0.3, -0.25) is 19.1 Å². The van der Waals surface area contributed by atoms with Gasteiger partial charge in [-0.15, -0.1) is 0 Å². The number of nitrogens with zero attached hydrogens (tertiary/aromatic N) is 4. The highest BCUT2D eigenvalue weighted by atomic mass is 19.4. The second kappa shape index (κ2) is 7.53. The summed E-state index contributed by atoms with van der Waals surface area (Å²) in [6, 6.07) is 20.3. The Labute approximate surface area is 196 Å². The summed E-state index contributed by atoms with van der Waals surface area (Å²) in [4.78, 5) is 22.2. The van der Waals surface area contributed by atoms with Gasteiger partial charge in [-0.2, -0.15) is 13.2 Å². The van der Waals surface area contributed by atoms with Gasteiger partial charge >= 0.3 is 11.9 Å². The standard InChI is InChI=1S/C27H17F3N4O/c1-33-24-15-32-23-10-9-16(18-11-17-5-2-3-8-22(17)31-14-18)12-21(23)25(24)34(26(33)35)20-7-4-6-19(13-20)27(28,29)30/h2-15H,1H3. The first-order chi connectivity index (χ1) is 16.8. The molecule has 0 radical (unpaired) electrons. The van der Waals surface area contributed by atoms with Crippen molar-refractivity contribution in [2.24, 2.45) is 7.05 Å². The second-order valence-corrected chi connectivity index (χ2v) is 8.37. The zero-order valence-electron chi connectivity index (χ0n) is 18.4. The molecule has 0 saturated carbocycles. The van der Waals surface area contributed by atoms with Crippen LogP contribution in [0.3, 0.4) is 0 Å². The SMILES string of the molecule is Cn1c(=O)n(-c2cccc(C(F)(F)F)c2)c2c3cc(-c4cnc5ccccc5c4)ccc3ncc21. The predicted molar refractivity (Wildman–Crippen MR) is 130 cm³/mol. The highest BCUT2D eigenvalue weighted by Crippen LogP contribution is 2.33. The number of benzene rings is 3. The predicted octanol–water partition coefficient (Wildman–Crippen LogP) is 6.11. The third-order valence-electron chi connectivity index (χ3n) is 6.24. The number of rotatable bonds is 2. The summed E-state index contributed by atoms with van der Waals surface area (Å²) in [6.07, 6.45) is -1.17. The number of alkyl halides is 3. The summed E-state index contributed by atoms with van der Waals surface area (Å²) in [5, 5.41) is 1.64. The zero-order chi connectivity index (χ0) is 24.3. The molecule has 0 bridgehead atoms. The van der Waals surface area contributed by atoms with Crippen molar-refractivity contribution in [3.63, 3.8) is 0 Å².